The number of rotatable bonds is 9. The number of methoxy groups -OCH3 is 3. The number of sulfonamides is 1. The molecular formula is C17H19BrClNO6S. The van der Waals surface area contributed by atoms with Crippen LogP contribution in [0.4, 0.5) is 5.69 Å². The zero-order valence-corrected chi connectivity index (χ0v) is 18.1. The van der Waals surface area contributed by atoms with Crippen LogP contribution in [0.25, 0.3) is 0 Å². The molecule has 10 heteroatoms. The van der Waals surface area contributed by atoms with Crippen LogP contribution in [0.5, 0.6) is 17.2 Å². The van der Waals surface area contributed by atoms with E-state index in [0.29, 0.717) is 28.3 Å². The number of ether oxygens (including phenoxy) is 4. The first-order chi connectivity index (χ1) is 12.8. The number of halogens is 2. The van der Waals surface area contributed by atoms with Gasteiger partial charge in [-0.15, -0.1) is 0 Å². The molecule has 2 aromatic carbocycles. The molecule has 0 saturated carbocycles. The van der Waals surface area contributed by atoms with Gasteiger partial charge in [0.15, 0.2) is 17.2 Å². The first kappa shape index (κ1) is 21.6. The van der Waals surface area contributed by atoms with Crippen molar-refractivity contribution in [2.24, 2.45) is 0 Å². The van der Waals surface area contributed by atoms with Gasteiger partial charge in [0.25, 0.3) is 10.0 Å². The number of benzene rings is 2. The summed E-state index contributed by atoms with van der Waals surface area (Å²) in [5.74, 6) is 1.00. The zero-order chi connectivity index (χ0) is 20.0. The second-order valence-electron chi connectivity index (χ2n) is 5.23. The smallest absolute Gasteiger partial charge is 0.265 e. The monoisotopic (exact) mass is 479 g/mol. The summed E-state index contributed by atoms with van der Waals surface area (Å²) in [5, 5.41) is 0.251. The van der Waals surface area contributed by atoms with Gasteiger partial charge in [0.2, 0.25) is 0 Å². The summed E-state index contributed by atoms with van der Waals surface area (Å²) in [5.41, 5.74) is 0.293. The lowest BCUT2D eigenvalue weighted by atomic mass is 10.3. The fraction of sp³-hybridized carbons (Fsp3) is 0.294. The first-order valence-electron chi connectivity index (χ1n) is 7.68. The van der Waals surface area contributed by atoms with E-state index < -0.39 is 10.0 Å². The van der Waals surface area contributed by atoms with E-state index in [1.54, 1.807) is 25.3 Å². The topological polar surface area (TPSA) is 83.1 Å². The molecule has 0 saturated heterocycles. The molecular weight excluding hydrogens is 462 g/mol. The predicted octanol–water partition coefficient (Wildman–Crippen LogP) is 3.95. The molecule has 0 spiro atoms. The Balaban J connectivity index is 2.37. The lowest BCUT2D eigenvalue weighted by Gasteiger charge is -2.15. The predicted molar refractivity (Wildman–Crippen MR) is 107 cm³/mol. The molecule has 0 aliphatic rings. The van der Waals surface area contributed by atoms with Crippen molar-refractivity contribution in [1.82, 2.24) is 0 Å². The maximum absolute atomic E-state index is 12.8. The Morgan fingerprint density at radius 1 is 1.04 bits per heavy atom. The lowest BCUT2D eigenvalue weighted by molar-refractivity contribution is 0.144. The Morgan fingerprint density at radius 3 is 2.41 bits per heavy atom. The van der Waals surface area contributed by atoms with Crippen molar-refractivity contribution in [3.8, 4) is 17.2 Å². The van der Waals surface area contributed by atoms with Gasteiger partial charge in [0, 0.05) is 18.2 Å². The third kappa shape index (κ3) is 5.41. The number of hydrogen-bond donors (Lipinski definition) is 1. The summed E-state index contributed by atoms with van der Waals surface area (Å²) in [6, 6.07) is 7.55. The van der Waals surface area contributed by atoms with Crippen molar-refractivity contribution in [1.29, 1.82) is 0 Å². The van der Waals surface area contributed by atoms with E-state index in [9.17, 15) is 8.42 Å². The van der Waals surface area contributed by atoms with E-state index in [2.05, 4.69) is 20.7 Å². The second-order valence-corrected chi connectivity index (χ2v) is 8.17. The van der Waals surface area contributed by atoms with Gasteiger partial charge < -0.3 is 18.9 Å². The van der Waals surface area contributed by atoms with Crippen molar-refractivity contribution < 1.29 is 27.4 Å². The maximum atomic E-state index is 12.8. The fourth-order valence-electron chi connectivity index (χ4n) is 2.23. The molecule has 2 aromatic rings. The van der Waals surface area contributed by atoms with Crippen LogP contribution < -0.4 is 18.9 Å². The molecule has 0 fully saturated rings. The van der Waals surface area contributed by atoms with Gasteiger partial charge in [-0.1, -0.05) is 11.6 Å². The van der Waals surface area contributed by atoms with Gasteiger partial charge in [-0.3, -0.25) is 4.72 Å². The minimum Gasteiger partial charge on any atom is -0.494 e. The largest absolute Gasteiger partial charge is 0.494 e. The van der Waals surface area contributed by atoms with E-state index in [0.717, 1.165) is 0 Å². The highest BCUT2D eigenvalue weighted by Crippen LogP contribution is 2.37. The summed E-state index contributed by atoms with van der Waals surface area (Å²) in [4.78, 5) is -0.0953. The summed E-state index contributed by atoms with van der Waals surface area (Å²) in [7, 11) is 0.458. The Kier molecular flexibility index (Phi) is 7.60. The van der Waals surface area contributed by atoms with Crippen LogP contribution in [0.2, 0.25) is 5.02 Å². The SMILES string of the molecule is COCCOc1cc(NS(=O)(=O)c2cc(Cl)cc(Br)c2OC)ccc1OC. The molecule has 0 aromatic heterocycles. The highest BCUT2D eigenvalue weighted by Gasteiger charge is 2.23. The van der Waals surface area contributed by atoms with Crippen molar-refractivity contribution in [3.63, 3.8) is 0 Å². The molecule has 2 rings (SSSR count). The van der Waals surface area contributed by atoms with Crippen LogP contribution in [0.3, 0.4) is 0 Å². The molecule has 0 bridgehead atoms. The van der Waals surface area contributed by atoms with Crippen LogP contribution >= 0.6 is 27.5 Å². The molecule has 1 N–H and O–H groups in total. The van der Waals surface area contributed by atoms with E-state index in [4.69, 9.17) is 30.5 Å². The van der Waals surface area contributed by atoms with Crippen LogP contribution in [-0.2, 0) is 14.8 Å². The van der Waals surface area contributed by atoms with Gasteiger partial charge in [-0.25, -0.2) is 8.42 Å². The molecule has 7 nitrogen and oxygen atoms in total. The summed E-state index contributed by atoms with van der Waals surface area (Å²) in [6.45, 7) is 0.672. The van der Waals surface area contributed by atoms with Crippen molar-refractivity contribution in [2.45, 2.75) is 4.90 Å². The van der Waals surface area contributed by atoms with Crippen LogP contribution in [0, 0.1) is 0 Å². The Morgan fingerprint density at radius 2 is 1.78 bits per heavy atom. The molecule has 0 unspecified atom stereocenters. The van der Waals surface area contributed by atoms with E-state index in [-0.39, 0.29) is 22.3 Å². The van der Waals surface area contributed by atoms with E-state index >= 15 is 0 Å². The number of anilines is 1. The van der Waals surface area contributed by atoms with Gasteiger partial charge in [-0.2, -0.15) is 0 Å². The highest BCUT2D eigenvalue weighted by molar-refractivity contribution is 9.10. The average molecular weight is 481 g/mol. The lowest BCUT2D eigenvalue weighted by Crippen LogP contribution is -2.14. The van der Waals surface area contributed by atoms with Gasteiger partial charge in [0.05, 0.1) is 31.0 Å². The average Bonchev–Trinajstić information content (AvgIpc) is 2.61. The molecule has 0 radical (unpaired) electrons. The van der Waals surface area contributed by atoms with Gasteiger partial charge >= 0.3 is 0 Å². The van der Waals surface area contributed by atoms with E-state index in [1.165, 1.54) is 26.4 Å². The van der Waals surface area contributed by atoms with Crippen LogP contribution in [0.15, 0.2) is 39.7 Å². The fourth-order valence-corrected chi connectivity index (χ4v) is 4.67. The van der Waals surface area contributed by atoms with Gasteiger partial charge in [-0.05, 0) is 40.2 Å². The van der Waals surface area contributed by atoms with Crippen LogP contribution in [0.1, 0.15) is 0 Å². The molecule has 0 aliphatic carbocycles. The Labute approximate surface area is 171 Å². The molecule has 0 heterocycles. The normalized spacial score (nSPS) is 11.1. The Hall–Kier alpha value is -1.68. The molecule has 0 aliphatic heterocycles. The molecule has 0 amide bonds. The zero-order valence-electron chi connectivity index (χ0n) is 14.9. The number of hydrogen-bond acceptors (Lipinski definition) is 6. The summed E-state index contributed by atoms with van der Waals surface area (Å²) < 4.78 is 49.6. The second kappa shape index (κ2) is 9.50. The minimum atomic E-state index is -3.97. The standard InChI is InChI=1S/C17H19BrClNO6S/c1-23-6-7-26-15-10-12(4-5-14(15)24-2)20-27(21,22)16-9-11(19)8-13(18)17(16)25-3/h4-5,8-10,20H,6-7H2,1-3H3. The third-order valence-corrected chi connectivity index (χ3v) is 5.62. The molecule has 0 atom stereocenters. The van der Waals surface area contributed by atoms with Crippen molar-refractivity contribution >= 4 is 43.2 Å². The van der Waals surface area contributed by atoms with Crippen molar-refractivity contribution in [3.05, 3.63) is 39.8 Å². The highest BCUT2D eigenvalue weighted by atomic mass is 79.9. The number of nitrogens with one attached hydrogen (secondary N) is 1. The van der Waals surface area contributed by atoms with E-state index in [1.807, 2.05) is 0 Å². The molecule has 27 heavy (non-hydrogen) atoms. The Bertz CT molecular complexity index is 907. The minimum absolute atomic E-state index is 0.0953. The summed E-state index contributed by atoms with van der Waals surface area (Å²) in [6.07, 6.45) is 0. The molecule has 148 valence electrons. The van der Waals surface area contributed by atoms with Crippen LogP contribution in [-0.4, -0.2) is 43.0 Å². The third-order valence-electron chi connectivity index (χ3n) is 3.43. The quantitative estimate of drug-likeness (QED) is 0.547. The van der Waals surface area contributed by atoms with Crippen molar-refractivity contribution in [2.75, 3.05) is 39.3 Å². The first-order valence-corrected chi connectivity index (χ1v) is 10.3. The van der Waals surface area contributed by atoms with Gasteiger partial charge in [0.1, 0.15) is 11.5 Å². The summed E-state index contributed by atoms with van der Waals surface area (Å²) >= 11 is 9.25. The maximum Gasteiger partial charge on any atom is 0.265 e.